The summed E-state index contributed by atoms with van der Waals surface area (Å²) in [6.45, 7) is 2.25. The van der Waals surface area contributed by atoms with Crippen molar-refractivity contribution in [1.82, 2.24) is 4.90 Å². The minimum absolute atomic E-state index is 0.0868. The molecule has 17 heavy (non-hydrogen) atoms. The molecule has 1 aliphatic heterocycles. The summed E-state index contributed by atoms with van der Waals surface area (Å²) in [5.41, 5.74) is 0. The number of aliphatic hydroxyl groups excluding tert-OH is 1. The molecular weight excluding hydrogens is 238 g/mol. The highest BCUT2D eigenvalue weighted by Crippen LogP contribution is 2.30. The maximum absolute atomic E-state index is 11.9. The molecule has 0 aromatic carbocycles. The molecule has 1 heterocycles. The molecule has 1 unspecified atom stereocenters. The lowest BCUT2D eigenvalue weighted by molar-refractivity contribution is -0.130. The van der Waals surface area contributed by atoms with E-state index in [4.69, 9.17) is 0 Å². The quantitative estimate of drug-likeness (QED) is 0.807. The van der Waals surface area contributed by atoms with E-state index >= 15 is 0 Å². The van der Waals surface area contributed by atoms with Gasteiger partial charge in [0.1, 0.15) is 0 Å². The second-order valence-corrected chi connectivity index (χ2v) is 6.42. The van der Waals surface area contributed by atoms with Crippen LogP contribution >= 0.6 is 11.8 Å². The van der Waals surface area contributed by atoms with Gasteiger partial charge in [-0.05, 0) is 25.7 Å². The van der Waals surface area contributed by atoms with E-state index in [1.165, 1.54) is 11.8 Å². The average Bonchev–Trinajstić information content (AvgIpc) is 2.59. The van der Waals surface area contributed by atoms with Crippen molar-refractivity contribution < 1.29 is 14.7 Å². The van der Waals surface area contributed by atoms with Gasteiger partial charge in [-0.1, -0.05) is 11.8 Å². The van der Waals surface area contributed by atoms with Crippen molar-refractivity contribution in [3.8, 4) is 0 Å². The summed E-state index contributed by atoms with van der Waals surface area (Å²) in [6.07, 6.45) is 3.67. The number of carbonyl (C=O) groups is 2. The third-order valence-electron chi connectivity index (χ3n) is 3.56. The van der Waals surface area contributed by atoms with Crippen molar-refractivity contribution in [2.75, 3.05) is 6.54 Å². The molecule has 1 saturated heterocycles. The number of aliphatic hydroxyl groups is 1. The zero-order valence-electron chi connectivity index (χ0n) is 10.1. The summed E-state index contributed by atoms with van der Waals surface area (Å²) in [4.78, 5) is 24.8. The van der Waals surface area contributed by atoms with Crippen LogP contribution in [0.25, 0.3) is 0 Å². The lowest BCUT2D eigenvalue weighted by atomic mass is 9.92. The highest BCUT2D eigenvalue weighted by molar-refractivity contribution is 8.14. The largest absolute Gasteiger partial charge is 0.393 e. The lowest BCUT2D eigenvalue weighted by Crippen LogP contribution is -2.40. The van der Waals surface area contributed by atoms with E-state index in [9.17, 15) is 14.7 Å². The molecule has 2 fully saturated rings. The Bertz CT molecular complexity index is 313. The van der Waals surface area contributed by atoms with Gasteiger partial charge >= 0.3 is 0 Å². The summed E-state index contributed by atoms with van der Waals surface area (Å²) in [5.74, 6) is 0.171. The minimum atomic E-state index is -0.189. The van der Waals surface area contributed by atoms with Crippen LogP contribution in [0.5, 0.6) is 0 Å². The highest BCUT2D eigenvalue weighted by Gasteiger charge is 2.36. The molecular formula is C12H19NO3S. The molecule has 2 aliphatic rings. The van der Waals surface area contributed by atoms with Crippen LogP contribution in [0.2, 0.25) is 0 Å². The van der Waals surface area contributed by atoms with Gasteiger partial charge in [0, 0.05) is 31.2 Å². The zero-order chi connectivity index (χ0) is 12.4. The van der Waals surface area contributed by atoms with Gasteiger partial charge in [-0.2, -0.15) is 0 Å². The summed E-state index contributed by atoms with van der Waals surface area (Å²) in [5, 5.41) is 9.67. The second-order valence-electron chi connectivity index (χ2n) is 4.94. The number of carbonyl (C=O) groups excluding carboxylic acids is 2. The number of amides is 1. The predicted molar refractivity (Wildman–Crippen MR) is 66.7 cm³/mol. The van der Waals surface area contributed by atoms with Crippen LogP contribution in [0.3, 0.4) is 0 Å². The van der Waals surface area contributed by atoms with E-state index in [2.05, 4.69) is 0 Å². The van der Waals surface area contributed by atoms with E-state index < -0.39 is 0 Å². The van der Waals surface area contributed by atoms with Gasteiger partial charge in [0.05, 0.1) is 6.10 Å². The molecule has 1 amide bonds. The van der Waals surface area contributed by atoms with Crippen molar-refractivity contribution in [1.29, 1.82) is 0 Å². The number of nitrogens with zero attached hydrogens (tertiary/aromatic N) is 1. The smallest absolute Gasteiger partial charge is 0.224 e. The Morgan fingerprint density at radius 2 is 2.00 bits per heavy atom. The first kappa shape index (κ1) is 12.9. The molecule has 4 nitrogen and oxygen atoms in total. The summed E-state index contributed by atoms with van der Waals surface area (Å²) in [7, 11) is 0. The van der Waals surface area contributed by atoms with Crippen LogP contribution in [0, 0.1) is 0 Å². The fraction of sp³-hybridized carbons (Fsp3) is 0.833. The first-order valence-electron chi connectivity index (χ1n) is 6.21. The first-order valence-corrected chi connectivity index (χ1v) is 7.09. The molecule has 96 valence electrons. The molecule has 0 aromatic rings. The van der Waals surface area contributed by atoms with Gasteiger partial charge in [-0.3, -0.25) is 9.59 Å². The van der Waals surface area contributed by atoms with Crippen LogP contribution in [0.4, 0.5) is 0 Å². The highest BCUT2D eigenvalue weighted by atomic mass is 32.2. The van der Waals surface area contributed by atoms with Gasteiger partial charge in [-0.15, -0.1) is 0 Å². The maximum atomic E-state index is 11.9. The molecule has 1 aliphatic carbocycles. The van der Waals surface area contributed by atoms with Crippen LogP contribution in [-0.4, -0.2) is 45.0 Å². The van der Waals surface area contributed by atoms with E-state index in [1.54, 1.807) is 6.92 Å². The average molecular weight is 257 g/mol. The van der Waals surface area contributed by atoms with E-state index in [-0.39, 0.29) is 28.4 Å². The normalized spacial score (nSPS) is 34.1. The Morgan fingerprint density at radius 1 is 1.35 bits per heavy atom. The molecule has 1 N–H and O–H groups in total. The topological polar surface area (TPSA) is 57.6 Å². The Morgan fingerprint density at radius 3 is 2.59 bits per heavy atom. The second kappa shape index (κ2) is 5.40. The van der Waals surface area contributed by atoms with Crippen molar-refractivity contribution in [3.05, 3.63) is 0 Å². The number of rotatable bonds is 2. The molecule has 2 rings (SSSR count). The number of thioether (sulfide) groups is 1. The van der Waals surface area contributed by atoms with Crippen molar-refractivity contribution in [2.45, 2.75) is 56.4 Å². The Hall–Kier alpha value is -0.550. The summed E-state index contributed by atoms with van der Waals surface area (Å²) in [6, 6.07) is 0.281. The third kappa shape index (κ3) is 3.22. The third-order valence-corrected chi connectivity index (χ3v) is 4.54. The first-order chi connectivity index (χ1) is 8.06. The standard InChI is InChI=1S/C12H19NO3S/c1-8(14)17-11-6-12(16)13(7-11)9-2-4-10(15)5-3-9/h9-11,15H,2-7H2,1H3. The molecule has 1 atom stereocenters. The van der Waals surface area contributed by atoms with Gasteiger partial charge < -0.3 is 10.0 Å². The number of hydrogen-bond donors (Lipinski definition) is 1. The monoisotopic (exact) mass is 257 g/mol. The maximum Gasteiger partial charge on any atom is 0.224 e. The molecule has 0 bridgehead atoms. The van der Waals surface area contributed by atoms with E-state index in [0.717, 1.165) is 25.7 Å². The van der Waals surface area contributed by atoms with Gasteiger partial charge in [0.2, 0.25) is 5.91 Å². The summed E-state index contributed by atoms with van der Waals surface area (Å²) >= 11 is 1.28. The fourth-order valence-electron chi connectivity index (χ4n) is 2.73. The van der Waals surface area contributed by atoms with Gasteiger partial charge in [0.25, 0.3) is 0 Å². The number of hydrogen-bond acceptors (Lipinski definition) is 4. The van der Waals surface area contributed by atoms with Crippen LogP contribution in [0.1, 0.15) is 39.0 Å². The predicted octanol–water partition coefficient (Wildman–Crippen LogP) is 1.17. The molecule has 5 heteroatoms. The van der Waals surface area contributed by atoms with Crippen molar-refractivity contribution >= 4 is 22.8 Å². The van der Waals surface area contributed by atoms with Crippen LogP contribution in [-0.2, 0) is 9.59 Å². The van der Waals surface area contributed by atoms with Crippen LogP contribution < -0.4 is 0 Å². The number of likely N-dealkylation sites (tertiary alicyclic amines) is 1. The van der Waals surface area contributed by atoms with Crippen molar-refractivity contribution in [2.24, 2.45) is 0 Å². The molecule has 0 aromatic heterocycles. The Balaban J connectivity index is 1.89. The van der Waals surface area contributed by atoms with E-state index in [1.807, 2.05) is 4.90 Å². The van der Waals surface area contributed by atoms with Gasteiger partial charge in [0.15, 0.2) is 5.12 Å². The van der Waals surface area contributed by atoms with Crippen LogP contribution in [0.15, 0.2) is 0 Å². The minimum Gasteiger partial charge on any atom is -0.393 e. The molecule has 1 saturated carbocycles. The molecule has 0 radical (unpaired) electrons. The fourth-order valence-corrected chi connectivity index (χ4v) is 3.66. The Kier molecular flexibility index (Phi) is 4.09. The lowest BCUT2D eigenvalue weighted by Gasteiger charge is -2.33. The van der Waals surface area contributed by atoms with Gasteiger partial charge in [-0.25, -0.2) is 0 Å². The molecule has 0 spiro atoms. The summed E-state index contributed by atoms with van der Waals surface area (Å²) < 4.78 is 0. The SMILES string of the molecule is CC(=O)SC1CC(=O)N(C2CCC(O)CC2)C1. The van der Waals surface area contributed by atoms with Crippen molar-refractivity contribution in [3.63, 3.8) is 0 Å². The van der Waals surface area contributed by atoms with E-state index in [0.29, 0.717) is 13.0 Å². The zero-order valence-corrected chi connectivity index (χ0v) is 10.9. The Labute approximate surface area is 106 Å².